The fourth-order valence-electron chi connectivity index (χ4n) is 1.84. The van der Waals surface area contributed by atoms with Gasteiger partial charge in [-0.2, -0.15) is 0 Å². The molecule has 0 radical (unpaired) electrons. The summed E-state index contributed by atoms with van der Waals surface area (Å²) in [6.45, 7) is 8.60. The Morgan fingerprint density at radius 1 is 1.43 bits per heavy atom. The summed E-state index contributed by atoms with van der Waals surface area (Å²) < 4.78 is 9.97. The maximum Gasteiger partial charge on any atom is 0.410 e. The zero-order valence-corrected chi connectivity index (χ0v) is 13.2. The number of likely N-dealkylation sites (tertiary alicyclic amines) is 1. The smallest absolute Gasteiger partial charge is 0.410 e. The number of ether oxygens (including phenoxy) is 1. The second kappa shape index (κ2) is 7.81. The third-order valence-electron chi connectivity index (χ3n) is 2.94. The molecule has 1 aliphatic heterocycles. The van der Waals surface area contributed by atoms with E-state index in [0.29, 0.717) is 13.1 Å². The first-order valence-electron chi connectivity index (χ1n) is 7.11. The molecule has 0 N–H and O–H groups in total. The topological polar surface area (TPSA) is 72.6 Å². The van der Waals surface area contributed by atoms with Crippen molar-refractivity contribution in [1.82, 2.24) is 9.88 Å². The minimum Gasteiger partial charge on any atom is -0.449 e. The van der Waals surface area contributed by atoms with Crippen LogP contribution in [0.4, 0.5) is 4.79 Å². The number of hydrogen-bond acceptors (Lipinski definition) is 5. The second-order valence-electron chi connectivity index (χ2n) is 5.99. The van der Waals surface area contributed by atoms with E-state index in [0.717, 1.165) is 25.0 Å². The molecule has 118 valence electrons. The van der Waals surface area contributed by atoms with E-state index in [9.17, 15) is 9.59 Å². The number of rotatable bonds is 1. The molecule has 0 saturated carbocycles. The van der Waals surface area contributed by atoms with Gasteiger partial charge in [0, 0.05) is 25.9 Å². The van der Waals surface area contributed by atoms with Crippen molar-refractivity contribution >= 4 is 12.4 Å². The van der Waals surface area contributed by atoms with Gasteiger partial charge in [-0.1, -0.05) is 0 Å². The van der Waals surface area contributed by atoms with E-state index in [1.54, 1.807) is 24.3 Å². The summed E-state index contributed by atoms with van der Waals surface area (Å²) in [7, 11) is 0. The lowest BCUT2D eigenvalue weighted by atomic mass is 9.99. The highest BCUT2D eigenvalue weighted by molar-refractivity contribution is 5.68. The van der Waals surface area contributed by atoms with E-state index < -0.39 is 5.60 Å². The van der Waals surface area contributed by atoms with E-state index in [4.69, 9.17) is 9.15 Å². The van der Waals surface area contributed by atoms with E-state index in [1.165, 1.54) is 0 Å². The molecular formula is C15H24N2O4. The maximum absolute atomic E-state index is 11.6. The van der Waals surface area contributed by atoms with Crippen LogP contribution in [-0.2, 0) is 9.53 Å². The Morgan fingerprint density at radius 2 is 2.05 bits per heavy atom. The normalized spacial score (nSPS) is 15.9. The van der Waals surface area contributed by atoms with Gasteiger partial charge in [0.05, 0.1) is 6.20 Å². The summed E-state index contributed by atoms with van der Waals surface area (Å²) in [5.74, 6) is 0.832. The van der Waals surface area contributed by atoms with Crippen molar-refractivity contribution < 1.29 is 18.7 Å². The Balaban J connectivity index is 0.000000304. The van der Waals surface area contributed by atoms with Crippen molar-refractivity contribution in [3.63, 3.8) is 0 Å². The molecule has 6 nitrogen and oxygen atoms in total. The Morgan fingerprint density at radius 3 is 2.38 bits per heavy atom. The van der Waals surface area contributed by atoms with Gasteiger partial charge in [0.15, 0.2) is 5.89 Å². The lowest BCUT2D eigenvalue weighted by molar-refractivity contribution is -0.112. The van der Waals surface area contributed by atoms with Crippen molar-refractivity contribution in [2.24, 2.45) is 5.92 Å². The largest absolute Gasteiger partial charge is 0.449 e. The zero-order chi connectivity index (χ0) is 15.9. The van der Waals surface area contributed by atoms with Crippen LogP contribution in [0.15, 0.2) is 16.9 Å². The highest BCUT2D eigenvalue weighted by atomic mass is 16.6. The average Bonchev–Trinajstić information content (AvgIpc) is 2.89. The van der Waals surface area contributed by atoms with Gasteiger partial charge < -0.3 is 18.8 Å². The van der Waals surface area contributed by atoms with Gasteiger partial charge >= 0.3 is 6.09 Å². The van der Waals surface area contributed by atoms with Crippen LogP contribution in [0.25, 0.3) is 0 Å². The maximum atomic E-state index is 11.6. The third kappa shape index (κ3) is 6.92. The van der Waals surface area contributed by atoms with Crippen molar-refractivity contribution in [2.45, 2.75) is 46.1 Å². The van der Waals surface area contributed by atoms with Crippen LogP contribution in [0.2, 0.25) is 0 Å². The van der Waals surface area contributed by atoms with Gasteiger partial charge in [-0.25, -0.2) is 9.78 Å². The van der Waals surface area contributed by atoms with Crippen LogP contribution in [0.3, 0.4) is 0 Å². The third-order valence-corrected chi connectivity index (χ3v) is 2.94. The van der Waals surface area contributed by atoms with E-state index in [-0.39, 0.29) is 12.0 Å². The quantitative estimate of drug-likeness (QED) is 0.745. The summed E-state index contributed by atoms with van der Waals surface area (Å²) in [4.78, 5) is 27.6. The number of nitrogens with zero attached hydrogens (tertiary/aromatic N) is 2. The van der Waals surface area contributed by atoms with Crippen LogP contribution in [0.5, 0.6) is 0 Å². The van der Waals surface area contributed by atoms with E-state index in [2.05, 4.69) is 4.98 Å². The van der Waals surface area contributed by atoms with Crippen LogP contribution in [0.1, 0.15) is 39.5 Å². The molecule has 0 aromatic carbocycles. The molecule has 1 aromatic heterocycles. The first kappa shape index (κ1) is 17.2. The first-order valence-corrected chi connectivity index (χ1v) is 7.11. The average molecular weight is 296 g/mol. The van der Waals surface area contributed by atoms with Gasteiger partial charge in [0.1, 0.15) is 18.2 Å². The number of oxazole rings is 1. The summed E-state index contributed by atoms with van der Waals surface area (Å²) in [5.41, 5.74) is -0.446. The molecule has 2 heterocycles. The molecule has 2 rings (SSSR count). The van der Waals surface area contributed by atoms with Crippen LogP contribution in [0, 0.1) is 12.8 Å². The second-order valence-corrected chi connectivity index (χ2v) is 5.99. The molecule has 0 spiro atoms. The van der Waals surface area contributed by atoms with E-state index in [1.807, 2.05) is 20.8 Å². The number of piperidine rings is 1. The number of aldehydes is 1. The van der Waals surface area contributed by atoms with Crippen molar-refractivity contribution in [3.05, 3.63) is 18.4 Å². The standard InChI is InChI=1S/C11H19NO3.C4H5NO/c1-11(2,3)15-10(14)12-6-4-9(8-13)5-7-12;1-4-5-2-3-6-4/h8-9H,4-7H2,1-3H3;2-3H,1H3. The number of hydrogen-bond donors (Lipinski definition) is 0. The summed E-state index contributed by atoms with van der Waals surface area (Å²) in [5, 5.41) is 0. The molecule has 0 bridgehead atoms. The summed E-state index contributed by atoms with van der Waals surface area (Å²) in [6, 6.07) is 0. The molecule has 1 aliphatic rings. The molecule has 1 aromatic rings. The molecule has 1 amide bonds. The number of carbonyl (C=O) groups is 2. The molecule has 0 atom stereocenters. The van der Waals surface area contributed by atoms with Crippen LogP contribution in [-0.4, -0.2) is 41.0 Å². The molecular weight excluding hydrogens is 272 g/mol. The molecule has 21 heavy (non-hydrogen) atoms. The predicted octanol–water partition coefficient (Wildman–Crippen LogP) is 2.82. The number of aryl methyl sites for hydroxylation is 1. The summed E-state index contributed by atoms with van der Waals surface area (Å²) in [6.07, 6.45) is 5.38. The molecule has 6 heteroatoms. The van der Waals surface area contributed by atoms with Crippen molar-refractivity contribution in [2.75, 3.05) is 13.1 Å². The Hall–Kier alpha value is -1.85. The minimum absolute atomic E-state index is 0.115. The SMILES string of the molecule is CC(C)(C)OC(=O)N1CCC(C=O)CC1.Cc1ncco1. The predicted molar refractivity (Wildman–Crippen MR) is 77.8 cm³/mol. The van der Waals surface area contributed by atoms with Gasteiger partial charge in [0.25, 0.3) is 0 Å². The van der Waals surface area contributed by atoms with Gasteiger partial charge in [-0.3, -0.25) is 0 Å². The lowest BCUT2D eigenvalue weighted by Crippen LogP contribution is -2.41. The Bertz CT molecular complexity index is 429. The molecule has 1 saturated heterocycles. The number of carbonyl (C=O) groups excluding carboxylic acids is 2. The van der Waals surface area contributed by atoms with Crippen molar-refractivity contribution in [1.29, 1.82) is 0 Å². The highest BCUT2D eigenvalue weighted by Crippen LogP contribution is 2.17. The summed E-state index contributed by atoms with van der Waals surface area (Å²) >= 11 is 0. The number of amides is 1. The lowest BCUT2D eigenvalue weighted by Gasteiger charge is -2.31. The van der Waals surface area contributed by atoms with E-state index >= 15 is 0 Å². The Labute approximate surface area is 125 Å². The van der Waals surface area contributed by atoms with Gasteiger partial charge in [0.2, 0.25) is 0 Å². The first-order chi connectivity index (χ1) is 9.81. The Kier molecular flexibility index (Phi) is 6.39. The van der Waals surface area contributed by atoms with Crippen LogP contribution >= 0.6 is 0 Å². The van der Waals surface area contributed by atoms with Gasteiger partial charge in [-0.15, -0.1) is 0 Å². The minimum atomic E-state index is -0.446. The highest BCUT2D eigenvalue weighted by Gasteiger charge is 2.26. The van der Waals surface area contributed by atoms with Gasteiger partial charge in [-0.05, 0) is 33.6 Å². The molecule has 1 fully saturated rings. The monoisotopic (exact) mass is 296 g/mol. The van der Waals surface area contributed by atoms with Crippen LogP contribution < -0.4 is 0 Å². The van der Waals surface area contributed by atoms with Crippen molar-refractivity contribution in [3.8, 4) is 0 Å². The fourth-order valence-corrected chi connectivity index (χ4v) is 1.84. The zero-order valence-electron chi connectivity index (χ0n) is 13.2. The number of aromatic nitrogens is 1. The molecule has 0 aliphatic carbocycles. The molecule has 0 unspecified atom stereocenters. The fraction of sp³-hybridized carbons (Fsp3) is 0.667.